The summed E-state index contributed by atoms with van der Waals surface area (Å²) in [4.78, 5) is 8.37. The highest BCUT2D eigenvalue weighted by Gasteiger charge is 2.34. The number of anilines is 1. The van der Waals surface area contributed by atoms with Gasteiger partial charge in [0.1, 0.15) is 5.82 Å². The van der Waals surface area contributed by atoms with E-state index in [1.165, 1.54) is 0 Å². The molecule has 4 rings (SSSR count). The van der Waals surface area contributed by atoms with Gasteiger partial charge in [-0.25, -0.2) is 18.3 Å². The van der Waals surface area contributed by atoms with Crippen molar-refractivity contribution in [3.05, 3.63) is 42.9 Å². The number of fused-ring (bicyclic) bond motifs is 1. The topological polar surface area (TPSA) is 55.1 Å². The third-order valence-corrected chi connectivity index (χ3v) is 4.41. The van der Waals surface area contributed by atoms with Crippen LogP contribution in [0.3, 0.4) is 0 Å². The molecule has 1 saturated carbocycles. The van der Waals surface area contributed by atoms with Crippen molar-refractivity contribution >= 4 is 11.5 Å². The number of alkyl halides is 2. The van der Waals surface area contributed by atoms with E-state index < -0.39 is 5.92 Å². The summed E-state index contributed by atoms with van der Waals surface area (Å²) in [5.41, 5.74) is 2.58. The number of hydrogen-bond acceptors (Lipinski definition) is 4. The van der Waals surface area contributed by atoms with Crippen molar-refractivity contribution in [3.8, 4) is 11.3 Å². The molecule has 24 heavy (non-hydrogen) atoms. The molecule has 5 nitrogen and oxygen atoms in total. The van der Waals surface area contributed by atoms with Gasteiger partial charge in [-0.3, -0.25) is 4.98 Å². The lowest BCUT2D eigenvalue weighted by molar-refractivity contribution is -0.0361. The summed E-state index contributed by atoms with van der Waals surface area (Å²) in [5, 5.41) is 7.85. The molecule has 3 aromatic heterocycles. The molecule has 0 amide bonds. The highest BCUT2D eigenvalue weighted by molar-refractivity contribution is 5.63. The summed E-state index contributed by atoms with van der Waals surface area (Å²) in [5.74, 6) is -1.85. The Bertz CT molecular complexity index is 837. The molecule has 1 N–H and O–H groups in total. The number of pyridine rings is 1. The lowest BCUT2D eigenvalue weighted by Gasteiger charge is -2.29. The zero-order chi connectivity index (χ0) is 16.6. The Balaban J connectivity index is 1.59. The molecule has 0 aromatic carbocycles. The Labute approximate surface area is 137 Å². The first-order valence-corrected chi connectivity index (χ1v) is 8.00. The minimum absolute atomic E-state index is 0.0301. The van der Waals surface area contributed by atoms with E-state index in [4.69, 9.17) is 0 Å². The number of aromatic nitrogens is 4. The maximum Gasteiger partial charge on any atom is 0.248 e. The maximum absolute atomic E-state index is 13.3. The summed E-state index contributed by atoms with van der Waals surface area (Å²) >= 11 is 0. The summed E-state index contributed by atoms with van der Waals surface area (Å²) < 4.78 is 28.3. The first-order chi connectivity index (χ1) is 11.6. The molecule has 0 aliphatic heterocycles. The molecule has 1 aliphatic carbocycles. The molecule has 3 heterocycles. The molecule has 1 fully saturated rings. The Morgan fingerprint density at radius 1 is 1.08 bits per heavy atom. The van der Waals surface area contributed by atoms with Gasteiger partial charge in [0.2, 0.25) is 5.92 Å². The van der Waals surface area contributed by atoms with Crippen molar-refractivity contribution < 1.29 is 8.78 Å². The van der Waals surface area contributed by atoms with E-state index in [1.54, 1.807) is 23.1 Å². The van der Waals surface area contributed by atoms with Crippen LogP contribution in [0, 0.1) is 0 Å². The molecule has 3 aromatic rings. The number of nitrogens with one attached hydrogen (secondary N) is 1. The van der Waals surface area contributed by atoms with Crippen molar-refractivity contribution in [2.24, 2.45) is 0 Å². The van der Waals surface area contributed by atoms with Gasteiger partial charge in [0, 0.05) is 36.8 Å². The molecule has 124 valence electrons. The molecular weight excluding hydrogens is 312 g/mol. The summed E-state index contributed by atoms with van der Waals surface area (Å²) in [6.45, 7) is 0. The third kappa shape index (κ3) is 2.93. The van der Waals surface area contributed by atoms with Crippen LogP contribution in [0.15, 0.2) is 42.9 Å². The van der Waals surface area contributed by atoms with E-state index in [2.05, 4.69) is 20.4 Å². The van der Waals surface area contributed by atoms with Crippen molar-refractivity contribution in [1.29, 1.82) is 0 Å². The average molecular weight is 329 g/mol. The molecule has 0 atom stereocenters. The molecule has 0 unspecified atom stereocenters. The summed E-state index contributed by atoms with van der Waals surface area (Å²) in [6, 6.07) is 7.54. The molecule has 1 aliphatic rings. The Hall–Kier alpha value is -2.57. The van der Waals surface area contributed by atoms with Crippen LogP contribution in [0.1, 0.15) is 25.7 Å². The molecule has 0 bridgehead atoms. The average Bonchev–Trinajstić information content (AvgIpc) is 3.01. The predicted octanol–water partition coefficient (Wildman–Crippen LogP) is 3.78. The van der Waals surface area contributed by atoms with E-state index in [0.29, 0.717) is 18.7 Å². The van der Waals surface area contributed by atoms with Crippen molar-refractivity contribution in [3.63, 3.8) is 0 Å². The minimum Gasteiger partial charge on any atom is -0.366 e. The van der Waals surface area contributed by atoms with Crippen LogP contribution >= 0.6 is 0 Å². The van der Waals surface area contributed by atoms with Gasteiger partial charge in [0.05, 0.1) is 11.9 Å². The van der Waals surface area contributed by atoms with Crippen molar-refractivity contribution in [2.45, 2.75) is 37.6 Å². The maximum atomic E-state index is 13.3. The smallest absolute Gasteiger partial charge is 0.248 e. The van der Waals surface area contributed by atoms with E-state index in [0.717, 1.165) is 16.9 Å². The van der Waals surface area contributed by atoms with Gasteiger partial charge in [-0.1, -0.05) is 0 Å². The second kappa shape index (κ2) is 5.81. The summed E-state index contributed by atoms with van der Waals surface area (Å²) in [6.07, 6.45) is 5.98. The fraction of sp³-hybridized carbons (Fsp3) is 0.353. The van der Waals surface area contributed by atoms with Crippen molar-refractivity contribution in [1.82, 2.24) is 19.6 Å². The first kappa shape index (κ1) is 15.0. The number of hydrogen-bond donors (Lipinski definition) is 1. The summed E-state index contributed by atoms with van der Waals surface area (Å²) in [7, 11) is 0. The van der Waals surface area contributed by atoms with Crippen LogP contribution in [-0.4, -0.2) is 31.5 Å². The molecule has 0 radical (unpaired) electrons. The van der Waals surface area contributed by atoms with Gasteiger partial charge < -0.3 is 5.32 Å². The Kier molecular flexibility index (Phi) is 3.63. The zero-order valence-corrected chi connectivity index (χ0v) is 13.0. The quantitative estimate of drug-likeness (QED) is 0.794. The van der Waals surface area contributed by atoms with Crippen LogP contribution < -0.4 is 5.32 Å². The number of halogens is 2. The van der Waals surface area contributed by atoms with Crippen LogP contribution in [0.2, 0.25) is 0 Å². The van der Waals surface area contributed by atoms with E-state index in [9.17, 15) is 8.78 Å². The van der Waals surface area contributed by atoms with Gasteiger partial charge in [-0.2, -0.15) is 0 Å². The minimum atomic E-state index is -2.52. The van der Waals surface area contributed by atoms with Crippen LogP contribution in [-0.2, 0) is 0 Å². The monoisotopic (exact) mass is 329 g/mol. The number of nitrogens with zero attached hydrogens (tertiary/aromatic N) is 4. The highest BCUT2D eigenvalue weighted by atomic mass is 19.3. The van der Waals surface area contributed by atoms with Gasteiger partial charge in [0.25, 0.3) is 0 Å². The molecule has 7 heteroatoms. The lowest BCUT2D eigenvalue weighted by Crippen LogP contribution is -2.32. The number of imidazole rings is 1. The second-order valence-corrected chi connectivity index (χ2v) is 6.14. The lowest BCUT2D eigenvalue weighted by atomic mass is 9.92. The van der Waals surface area contributed by atoms with E-state index >= 15 is 0 Å². The zero-order valence-electron chi connectivity index (χ0n) is 13.0. The number of rotatable bonds is 3. The Morgan fingerprint density at radius 3 is 2.58 bits per heavy atom. The van der Waals surface area contributed by atoms with Crippen molar-refractivity contribution in [2.75, 3.05) is 5.32 Å². The van der Waals surface area contributed by atoms with E-state index in [1.807, 2.05) is 24.3 Å². The molecule has 0 spiro atoms. The fourth-order valence-electron chi connectivity index (χ4n) is 3.06. The van der Waals surface area contributed by atoms with Crippen LogP contribution in [0.5, 0.6) is 0 Å². The van der Waals surface area contributed by atoms with Crippen LogP contribution in [0.25, 0.3) is 16.9 Å². The van der Waals surface area contributed by atoms with Gasteiger partial charge in [-0.15, -0.1) is 5.10 Å². The largest absolute Gasteiger partial charge is 0.366 e. The normalized spacial score (nSPS) is 17.9. The van der Waals surface area contributed by atoms with E-state index in [-0.39, 0.29) is 18.9 Å². The van der Waals surface area contributed by atoms with Gasteiger partial charge in [-0.05, 0) is 37.1 Å². The third-order valence-electron chi connectivity index (χ3n) is 4.41. The fourth-order valence-corrected chi connectivity index (χ4v) is 3.06. The molecule has 0 saturated heterocycles. The van der Waals surface area contributed by atoms with Gasteiger partial charge >= 0.3 is 0 Å². The first-order valence-electron chi connectivity index (χ1n) is 8.00. The van der Waals surface area contributed by atoms with Crippen LogP contribution in [0.4, 0.5) is 14.6 Å². The SMILES string of the molecule is FC1(F)CCC(Nc2ccc3ncc(-c4ccncc4)n3n2)CC1. The molecular formula is C17H17F2N5. The second-order valence-electron chi connectivity index (χ2n) is 6.14. The highest BCUT2D eigenvalue weighted by Crippen LogP contribution is 2.34. The van der Waals surface area contributed by atoms with Gasteiger partial charge in [0.15, 0.2) is 5.65 Å². The Morgan fingerprint density at radius 2 is 1.83 bits per heavy atom. The standard InChI is InChI=1S/C17H17F2N5/c18-17(19)7-3-13(4-8-17)22-15-1-2-16-21-11-14(24(16)23-15)12-5-9-20-10-6-12/h1-2,5-6,9-11,13H,3-4,7-8H2,(H,22,23). The predicted molar refractivity (Wildman–Crippen MR) is 87.0 cm³/mol.